The Bertz CT molecular complexity index is 2160. The number of benzene rings is 4. The predicted molar refractivity (Wildman–Crippen MR) is 203 cm³/mol. The van der Waals surface area contributed by atoms with Gasteiger partial charge in [0.25, 0.3) is 0 Å². The predicted octanol–water partition coefficient (Wildman–Crippen LogP) is 10.5. The molecule has 8 nitrogen and oxygen atoms in total. The molecule has 2 aliphatic rings. The van der Waals surface area contributed by atoms with Crippen LogP contribution in [0.1, 0.15) is 81.0 Å². The van der Waals surface area contributed by atoms with Gasteiger partial charge < -0.3 is 29.7 Å². The van der Waals surface area contributed by atoms with E-state index in [-0.39, 0.29) is 23.6 Å². The standard InChI is InChI=1S/C43H40N4O4/c1-24-15-34-36(17-26(24)3)46-38(42-7-5-13-50-42)22-32(44-34)30-20-28(9-11-40(30)48)19-29-10-12-41(49)31(21-29)33-23-39(43-8-6-14-51-43)47-37-18-27(4)25(2)16-35(37)45-33/h5-18,20-21,32-33,44-45,48-49H,19,22-23H2,1-4H3. The highest BCUT2D eigenvalue weighted by atomic mass is 16.3. The first-order valence-electron chi connectivity index (χ1n) is 17.3. The van der Waals surface area contributed by atoms with Crippen molar-refractivity contribution < 1.29 is 19.0 Å². The molecule has 0 fully saturated rings. The van der Waals surface area contributed by atoms with Gasteiger partial charge in [-0.25, -0.2) is 9.98 Å². The summed E-state index contributed by atoms with van der Waals surface area (Å²) in [7, 11) is 0. The first-order chi connectivity index (χ1) is 24.7. The van der Waals surface area contributed by atoms with Crippen LogP contribution in [0, 0.1) is 27.7 Å². The Kier molecular flexibility index (Phi) is 8.22. The smallest absolute Gasteiger partial charge is 0.148 e. The van der Waals surface area contributed by atoms with Gasteiger partial charge in [0.05, 0.1) is 58.8 Å². The molecule has 51 heavy (non-hydrogen) atoms. The van der Waals surface area contributed by atoms with Gasteiger partial charge in [-0.15, -0.1) is 0 Å². The van der Waals surface area contributed by atoms with Crippen LogP contribution in [-0.2, 0) is 6.42 Å². The van der Waals surface area contributed by atoms with E-state index >= 15 is 0 Å². The summed E-state index contributed by atoms with van der Waals surface area (Å²) in [5.74, 6) is 1.84. The van der Waals surface area contributed by atoms with Crippen molar-refractivity contribution in [1.82, 2.24) is 0 Å². The Balaban J connectivity index is 1.12. The Morgan fingerprint density at radius 3 is 1.43 bits per heavy atom. The summed E-state index contributed by atoms with van der Waals surface area (Å²) >= 11 is 0. The molecule has 8 heteroatoms. The number of aryl methyl sites for hydroxylation is 4. The van der Waals surface area contributed by atoms with Crippen molar-refractivity contribution in [3.8, 4) is 11.5 Å². The van der Waals surface area contributed by atoms with Crippen molar-refractivity contribution in [3.63, 3.8) is 0 Å². The number of phenolic OH excluding ortho intramolecular Hbond substituents is 2. The molecule has 0 amide bonds. The van der Waals surface area contributed by atoms with Crippen LogP contribution in [0.2, 0.25) is 0 Å². The lowest BCUT2D eigenvalue weighted by atomic mass is 9.93. The Labute approximate surface area is 297 Å². The molecule has 256 valence electrons. The van der Waals surface area contributed by atoms with Crippen molar-refractivity contribution in [1.29, 1.82) is 0 Å². The van der Waals surface area contributed by atoms with E-state index in [0.29, 0.717) is 30.8 Å². The summed E-state index contributed by atoms with van der Waals surface area (Å²) in [6, 6.07) is 27.1. The maximum Gasteiger partial charge on any atom is 0.148 e. The van der Waals surface area contributed by atoms with Gasteiger partial charge in [-0.1, -0.05) is 12.1 Å². The van der Waals surface area contributed by atoms with Gasteiger partial charge in [-0.2, -0.15) is 0 Å². The fourth-order valence-electron chi connectivity index (χ4n) is 7.06. The lowest BCUT2D eigenvalue weighted by Crippen LogP contribution is -2.15. The van der Waals surface area contributed by atoms with Crippen LogP contribution in [0.15, 0.2) is 116 Å². The number of hydrogen-bond acceptors (Lipinski definition) is 8. The fourth-order valence-corrected chi connectivity index (χ4v) is 7.06. The number of furan rings is 2. The number of rotatable bonds is 6. The molecule has 0 radical (unpaired) electrons. The summed E-state index contributed by atoms with van der Waals surface area (Å²) in [5.41, 5.74) is 13.4. The largest absolute Gasteiger partial charge is 0.508 e. The third kappa shape index (κ3) is 6.41. The average Bonchev–Trinajstić information content (AvgIpc) is 3.79. The number of anilines is 2. The quantitative estimate of drug-likeness (QED) is 0.140. The molecule has 4 heterocycles. The van der Waals surface area contributed by atoms with Gasteiger partial charge in [-0.3, -0.25) is 0 Å². The van der Waals surface area contributed by atoms with Crippen LogP contribution in [0.4, 0.5) is 22.7 Å². The molecule has 0 spiro atoms. The van der Waals surface area contributed by atoms with Crippen LogP contribution in [0.5, 0.6) is 11.5 Å². The number of nitrogens with zero attached hydrogens (tertiary/aromatic N) is 2. The highest BCUT2D eigenvalue weighted by molar-refractivity contribution is 6.03. The summed E-state index contributed by atoms with van der Waals surface area (Å²) in [6.45, 7) is 8.35. The number of aromatic hydroxyl groups is 2. The van der Waals surface area contributed by atoms with E-state index in [1.54, 1.807) is 24.7 Å². The van der Waals surface area contributed by atoms with Crippen molar-refractivity contribution in [2.24, 2.45) is 9.98 Å². The number of phenols is 2. The Morgan fingerprint density at radius 1 is 0.588 bits per heavy atom. The monoisotopic (exact) mass is 676 g/mol. The normalized spacial score (nSPS) is 16.9. The van der Waals surface area contributed by atoms with E-state index in [1.807, 2.05) is 36.4 Å². The molecule has 0 bridgehead atoms. The lowest BCUT2D eigenvalue weighted by Gasteiger charge is -2.22. The molecule has 6 aromatic rings. The van der Waals surface area contributed by atoms with E-state index in [2.05, 4.69) is 74.7 Å². The average molecular weight is 677 g/mol. The summed E-state index contributed by atoms with van der Waals surface area (Å²) in [5, 5.41) is 29.9. The minimum Gasteiger partial charge on any atom is -0.508 e. The molecule has 8 rings (SSSR count). The molecule has 0 saturated heterocycles. The Morgan fingerprint density at radius 2 is 1.02 bits per heavy atom. The SMILES string of the molecule is Cc1cc2c(cc1C)NC(c1cc(Cc3ccc(O)c(C4CC(c5ccco5)=Nc5cc(C)c(C)cc5N4)c3)ccc1O)CC(c1ccco1)=N2. The minimum atomic E-state index is -0.255. The minimum absolute atomic E-state index is 0.213. The third-order valence-corrected chi connectivity index (χ3v) is 10.1. The molecule has 2 atom stereocenters. The van der Waals surface area contributed by atoms with Crippen LogP contribution in [0.3, 0.4) is 0 Å². The maximum atomic E-state index is 11.2. The zero-order chi connectivity index (χ0) is 35.2. The van der Waals surface area contributed by atoms with Crippen molar-refractivity contribution in [3.05, 3.63) is 153 Å². The van der Waals surface area contributed by atoms with Gasteiger partial charge >= 0.3 is 0 Å². The number of fused-ring (bicyclic) bond motifs is 2. The second kappa shape index (κ2) is 13.0. The van der Waals surface area contributed by atoms with Crippen molar-refractivity contribution in [2.45, 2.75) is 59.0 Å². The van der Waals surface area contributed by atoms with Gasteiger partial charge in [0, 0.05) is 24.0 Å². The number of nitrogens with one attached hydrogen (secondary N) is 2. The van der Waals surface area contributed by atoms with E-state index in [9.17, 15) is 10.2 Å². The first kappa shape index (κ1) is 32.2. The fraction of sp³-hybridized carbons (Fsp3) is 0.209. The zero-order valence-electron chi connectivity index (χ0n) is 29.1. The maximum absolute atomic E-state index is 11.2. The van der Waals surface area contributed by atoms with Crippen LogP contribution in [0.25, 0.3) is 0 Å². The topological polar surface area (TPSA) is 116 Å². The molecule has 4 N–H and O–H groups in total. The number of aliphatic imine (C=N–C) groups is 2. The van der Waals surface area contributed by atoms with Crippen molar-refractivity contribution >= 4 is 34.2 Å². The zero-order valence-corrected chi connectivity index (χ0v) is 29.1. The molecule has 4 aromatic carbocycles. The lowest BCUT2D eigenvalue weighted by molar-refractivity contribution is 0.463. The van der Waals surface area contributed by atoms with Gasteiger partial charge in [0.1, 0.15) is 23.0 Å². The summed E-state index contributed by atoms with van der Waals surface area (Å²) in [4.78, 5) is 10.1. The third-order valence-electron chi connectivity index (χ3n) is 10.1. The van der Waals surface area contributed by atoms with E-state index in [0.717, 1.165) is 78.7 Å². The highest BCUT2D eigenvalue weighted by Crippen LogP contribution is 2.42. The van der Waals surface area contributed by atoms with Crippen LogP contribution >= 0.6 is 0 Å². The van der Waals surface area contributed by atoms with Gasteiger partial charge in [0.15, 0.2) is 0 Å². The van der Waals surface area contributed by atoms with Gasteiger partial charge in [-0.05, 0) is 140 Å². The van der Waals surface area contributed by atoms with Gasteiger partial charge in [0.2, 0.25) is 0 Å². The molecule has 2 unspecified atom stereocenters. The van der Waals surface area contributed by atoms with Crippen molar-refractivity contribution in [2.75, 3.05) is 10.6 Å². The summed E-state index contributed by atoms with van der Waals surface area (Å²) < 4.78 is 11.6. The second-order valence-corrected chi connectivity index (χ2v) is 13.7. The first-order valence-corrected chi connectivity index (χ1v) is 17.3. The summed E-state index contributed by atoms with van der Waals surface area (Å²) in [6.07, 6.45) is 4.96. The Hall–Kier alpha value is -6.02. The highest BCUT2D eigenvalue weighted by Gasteiger charge is 2.27. The van der Waals surface area contributed by atoms with Crippen LogP contribution in [-0.4, -0.2) is 21.6 Å². The van der Waals surface area contributed by atoms with E-state index in [1.165, 1.54) is 0 Å². The molecule has 2 aromatic heterocycles. The molecule has 0 saturated carbocycles. The van der Waals surface area contributed by atoms with E-state index < -0.39 is 0 Å². The number of hydrogen-bond donors (Lipinski definition) is 4. The second-order valence-electron chi connectivity index (χ2n) is 13.7. The molecule has 2 aliphatic heterocycles. The molecular formula is C43H40N4O4. The van der Waals surface area contributed by atoms with Crippen LogP contribution < -0.4 is 10.6 Å². The molecule has 0 aliphatic carbocycles. The van der Waals surface area contributed by atoms with E-state index in [4.69, 9.17) is 18.8 Å². The molecular weight excluding hydrogens is 636 g/mol.